The van der Waals surface area contributed by atoms with Crippen LogP contribution in [0.15, 0.2) is 0 Å². The van der Waals surface area contributed by atoms with Gasteiger partial charge in [0.1, 0.15) is 48.8 Å². The molecule has 422 valence electrons. The Bertz CT molecular complexity index is 1200. The zero-order valence-electron chi connectivity index (χ0n) is 45.2. The van der Waals surface area contributed by atoms with Crippen molar-refractivity contribution in [2.24, 2.45) is 0 Å². The standard InChI is InChI=1S/C57H111NO13/c1-3-5-7-9-11-13-15-17-19-21-22-23-24-25-27-29-31-33-35-37-39-41-49(62)58-45(46(61)40-38-36-34-32-30-28-26-20-18-16-14-12-10-8-6-4-2)44-68-56-54(67)52(65)55(48(43-60)70-56)71-57-53(66)51(64)50(63)47(42-59)69-57/h45-48,50-57,59-61,63-67H,3-44H2,1-2H3,(H,58,62)/t45-,46+,47+,48+,50-,51?,52?,53?,54?,55+,56+,57-/m0/s1. The number of amides is 1. The summed E-state index contributed by atoms with van der Waals surface area (Å²) in [4.78, 5) is 13.3. The lowest BCUT2D eigenvalue weighted by molar-refractivity contribution is -0.359. The zero-order chi connectivity index (χ0) is 51.7. The third kappa shape index (κ3) is 30.4. The molecule has 2 rings (SSSR count). The van der Waals surface area contributed by atoms with Gasteiger partial charge in [-0.1, -0.05) is 245 Å². The van der Waals surface area contributed by atoms with Crippen LogP contribution in [0.25, 0.3) is 0 Å². The summed E-state index contributed by atoms with van der Waals surface area (Å²) in [6.45, 7) is 2.90. The number of aliphatic hydroxyl groups excluding tert-OH is 8. The monoisotopic (exact) mass is 1020 g/mol. The fourth-order valence-electron chi connectivity index (χ4n) is 10.2. The summed E-state index contributed by atoms with van der Waals surface area (Å²) in [6.07, 6.45) is 31.0. The maximum absolute atomic E-state index is 13.3. The first-order valence-corrected chi connectivity index (χ1v) is 29.8. The maximum atomic E-state index is 13.3. The second kappa shape index (κ2) is 44.2. The van der Waals surface area contributed by atoms with E-state index in [1.54, 1.807) is 0 Å². The van der Waals surface area contributed by atoms with Gasteiger partial charge in [-0.2, -0.15) is 0 Å². The van der Waals surface area contributed by atoms with Gasteiger partial charge < -0.3 is 65.1 Å². The van der Waals surface area contributed by atoms with Crippen LogP contribution in [0.2, 0.25) is 0 Å². The predicted molar refractivity (Wildman–Crippen MR) is 282 cm³/mol. The molecular formula is C57H111NO13. The average molecular weight is 1020 g/mol. The molecule has 0 bridgehead atoms. The van der Waals surface area contributed by atoms with Crippen LogP contribution in [-0.4, -0.2) is 140 Å². The van der Waals surface area contributed by atoms with Crippen molar-refractivity contribution in [3.63, 3.8) is 0 Å². The van der Waals surface area contributed by atoms with Crippen molar-refractivity contribution in [3.8, 4) is 0 Å². The molecule has 2 aliphatic rings. The Kier molecular flexibility index (Phi) is 41.1. The minimum Gasteiger partial charge on any atom is -0.394 e. The molecule has 2 heterocycles. The Morgan fingerprint density at radius 2 is 0.803 bits per heavy atom. The van der Waals surface area contributed by atoms with E-state index in [4.69, 9.17) is 18.9 Å². The smallest absolute Gasteiger partial charge is 0.220 e. The van der Waals surface area contributed by atoms with Crippen molar-refractivity contribution in [1.29, 1.82) is 0 Å². The Morgan fingerprint density at radius 1 is 0.451 bits per heavy atom. The number of hydrogen-bond donors (Lipinski definition) is 9. The molecule has 0 aliphatic carbocycles. The Morgan fingerprint density at radius 3 is 1.20 bits per heavy atom. The molecule has 2 aliphatic heterocycles. The van der Waals surface area contributed by atoms with Gasteiger partial charge in [0.15, 0.2) is 12.6 Å². The van der Waals surface area contributed by atoms with Crippen LogP contribution in [0.5, 0.6) is 0 Å². The summed E-state index contributed by atoms with van der Waals surface area (Å²) in [5, 5.41) is 87.2. The summed E-state index contributed by atoms with van der Waals surface area (Å²) in [7, 11) is 0. The lowest BCUT2D eigenvalue weighted by Crippen LogP contribution is -2.65. The molecular weight excluding hydrogens is 907 g/mol. The van der Waals surface area contributed by atoms with E-state index in [9.17, 15) is 45.6 Å². The van der Waals surface area contributed by atoms with Crippen LogP contribution in [0.4, 0.5) is 0 Å². The van der Waals surface area contributed by atoms with Crippen molar-refractivity contribution < 1.29 is 64.6 Å². The van der Waals surface area contributed by atoms with E-state index < -0.39 is 86.8 Å². The topological polar surface area (TPSA) is 228 Å². The predicted octanol–water partition coefficient (Wildman–Crippen LogP) is 9.73. The van der Waals surface area contributed by atoms with E-state index in [2.05, 4.69) is 19.2 Å². The fraction of sp³-hybridized carbons (Fsp3) is 0.982. The van der Waals surface area contributed by atoms with E-state index in [0.29, 0.717) is 12.8 Å². The van der Waals surface area contributed by atoms with Crippen LogP contribution in [-0.2, 0) is 23.7 Å². The quantitative estimate of drug-likeness (QED) is 0.0259. The summed E-state index contributed by atoms with van der Waals surface area (Å²) in [5.74, 6) is -0.200. The number of rotatable bonds is 48. The van der Waals surface area contributed by atoms with Gasteiger partial charge in [0.2, 0.25) is 5.91 Å². The lowest BCUT2D eigenvalue weighted by atomic mass is 9.97. The first-order valence-electron chi connectivity index (χ1n) is 29.8. The highest BCUT2D eigenvalue weighted by molar-refractivity contribution is 5.76. The number of carbonyl (C=O) groups is 1. The molecule has 9 N–H and O–H groups in total. The molecule has 2 saturated heterocycles. The van der Waals surface area contributed by atoms with Crippen molar-refractivity contribution in [3.05, 3.63) is 0 Å². The van der Waals surface area contributed by atoms with Crippen LogP contribution in [0, 0.1) is 0 Å². The fourth-order valence-corrected chi connectivity index (χ4v) is 10.2. The van der Waals surface area contributed by atoms with E-state index >= 15 is 0 Å². The second-order valence-corrected chi connectivity index (χ2v) is 21.5. The zero-order valence-corrected chi connectivity index (χ0v) is 45.2. The minimum atomic E-state index is -1.78. The molecule has 14 nitrogen and oxygen atoms in total. The largest absolute Gasteiger partial charge is 0.394 e. The van der Waals surface area contributed by atoms with Gasteiger partial charge in [-0.3, -0.25) is 4.79 Å². The summed E-state index contributed by atoms with van der Waals surface area (Å²) < 4.78 is 22.8. The van der Waals surface area contributed by atoms with Crippen LogP contribution >= 0.6 is 0 Å². The van der Waals surface area contributed by atoms with Crippen molar-refractivity contribution >= 4 is 5.91 Å². The van der Waals surface area contributed by atoms with Crippen LogP contribution in [0.1, 0.15) is 264 Å². The Hall–Kier alpha value is -1.01. The van der Waals surface area contributed by atoms with E-state index in [1.165, 1.54) is 186 Å². The maximum Gasteiger partial charge on any atom is 0.220 e. The molecule has 71 heavy (non-hydrogen) atoms. The molecule has 14 heteroatoms. The van der Waals surface area contributed by atoms with Gasteiger partial charge in [-0.25, -0.2) is 0 Å². The number of carbonyl (C=O) groups excluding carboxylic acids is 1. The second-order valence-electron chi connectivity index (χ2n) is 21.5. The lowest BCUT2D eigenvalue weighted by Gasteiger charge is -2.46. The van der Waals surface area contributed by atoms with Gasteiger partial charge in [0.05, 0.1) is 32.0 Å². The van der Waals surface area contributed by atoms with E-state index in [1.807, 2.05) is 0 Å². The number of ether oxygens (including phenoxy) is 4. The van der Waals surface area contributed by atoms with E-state index in [-0.39, 0.29) is 12.5 Å². The third-order valence-electron chi connectivity index (χ3n) is 15.1. The van der Waals surface area contributed by atoms with Crippen LogP contribution < -0.4 is 5.32 Å². The molecule has 0 saturated carbocycles. The molecule has 0 aromatic heterocycles. The van der Waals surface area contributed by atoms with Gasteiger partial charge in [0, 0.05) is 6.42 Å². The molecule has 0 aromatic rings. The van der Waals surface area contributed by atoms with Crippen molar-refractivity contribution in [2.75, 3.05) is 19.8 Å². The van der Waals surface area contributed by atoms with E-state index in [0.717, 1.165) is 51.4 Å². The first kappa shape index (κ1) is 66.1. The number of aliphatic hydroxyl groups is 8. The van der Waals surface area contributed by atoms with Crippen molar-refractivity contribution in [1.82, 2.24) is 5.32 Å². The highest BCUT2D eigenvalue weighted by Crippen LogP contribution is 2.30. The molecule has 2 fully saturated rings. The minimum absolute atomic E-state index is 0.200. The highest BCUT2D eigenvalue weighted by atomic mass is 16.7. The molecule has 0 aromatic carbocycles. The molecule has 12 atom stereocenters. The third-order valence-corrected chi connectivity index (χ3v) is 15.1. The summed E-state index contributed by atoms with van der Waals surface area (Å²) in [5.41, 5.74) is 0. The average Bonchev–Trinajstić information content (AvgIpc) is 3.37. The highest BCUT2D eigenvalue weighted by Gasteiger charge is 2.51. The molecule has 0 radical (unpaired) electrons. The molecule has 0 spiro atoms. The van der Waals surface area contributed by atoms with Gasteiger partial charge in [0.25, 0.3) is 0 Å². The number of unbranched alkanes of at least 4 members (excludes halogenated alkanes) is 35. The van der Waals surface area contributed by atoms with Crippen molar-refractivity contribution in [2.45, 2.75) is 338 Å². The summed E-state index contributed by atoms with van der Waals surface area (Å²) >= 11 is 0. The number of nitrogens with one attached hydrogen (secondary N) is 1. The molecule has 4 unspecified atom stereocenters. The Labute approximate surface area is 432 Å². The van der Waals surface area contributed by atoms with Gasteiger partial charge >= 0.3 is 0 Å². The summed E-state index contributed by atoms with van der Waals surface area (Å²) in [6, 6.07) is -0.822. The Balaban J connectivity index is 1.74. The SMILES string of the molecule is CCCCCCCCCCCCCCCCCCCCCCCC(=O)N[C@@H](CO[C@@H]1O[C@H](CO)[C@@H](O[C@@H]2O[C@H](CO)[C@H](O)C(O)C2O)C(O)C1O)[C@H](O)CCCCCCCCCCCCCCCCCC. The molecule has 1 amide bonds. The van der Waals surface area contributed by atoms with Crippen LogP contribution in [0.3, 0.4) is 0 Å². The van der Waals surface area contributed by atoms with Gasteiger partial charge in [-0.15, -0.1) is 0 Å². The normalized spacial score (nSPS) is 25.7. The number of hydrogen-bond acceptors (Lipinski definition) is 13. The first-order chi connectivity index (χ1) is 34.6. The van der Waals surface area contributed by atoms with Gasteiger partial charge in [-0.05, 0) is 12.8 Å².